The second-order valence-electron chi connectivity index (χ2n) is 8.37. The zero-order valence-electron chi connectivity index (χ0n) is 19.8. The molecule has 2 amide bonds. The second kappa shape index (κ2) is 10.5. The first-order chi connectivity index (χ1) is 16.9. The SMILES string of the molecule is COc1ccc(CCN2CC(C(=O)NC(C)c3nc(-c4ccc(F)cc4)no3)CC2=O)cc1OC. The third-order valence-electron chi connectivity index (χ3n) is 5.98. The van der Waals surface area contributed by atoms with Crippen LogP contribution in [0.5, 0.6) is 11.5 Å². The van der Waals surface area contributed by atoms with Crippen molar-refractivity contribution in [1.29, 1.82) is 0 Å². The number of nitrogens with zero attached hydrogens (tertiary/aromatic N) is 3. The number of hydrogen-bond acceptors (Lipinski definition) is 7. The van der Waals surface area contributed by atoms with Crippen LogP contribution >= 0.6 is 0 Å². The number of methoxy groups -OCH3 is 2. The molecule has 0 aliphatic carbocycles. The van der Waals surface area contributed by atoms with Crippen LogP contribution in [-0.4, -0.2) is 54.2 Å². The van der Waals surface area contributed by atoms with E-state index in [9.17, 15) is 14.0 Å². The van der Waals surface area contributed by atoms with E-state index in [0.717, 1.165) is 5.56 Å². The Bertz CT molecular complexity index is 1200. The number of aromatic nitrogens is 2. The summed E-state index contributed by atoms with van der Waals surface area (Å²) in [5, 5.41) is 6.75. The molecular formula is C25H27FN4O5. The summed E-state index contributed by atoms with van der Waals surface area (Å²) >= 11 is 0. The molecule has 1 fully saturated rings. The number of carbonyl (C=O) groups is 2. The molecule has 2 unspecified atom stereocenters. The highest BCUT2D eigenvalue weighted by atomic mass is 19.1. The Morgan fingerprint density at radius 1 is 1.20 bits per heavy atom. The predicted octanol–water partition coefficient (Wildman–Crippen LogP) is 3.16. The van der Waals surface area contributed by atoms with Gasteiger partial charge in [0, 0.05) is 25.1 Å². The molecule has 0 radical (unpaired) electrons. The van der Waals surface area contributed by atoms with Crippen molar-refractivity contribution in [1.82, 2.24) is 20.4 Å². The third kappa shape index (κ3) is 5.59. The lowest BCUT2D eigenvalue weighted by Gasteiger charge is -2.18. The van der Waals surface area contributed by atoms with Crippen LogP contribution in [0.4, 0.5) is 4.39 Å². The first kappa shape index (κ1) is 24.2. The molecule has 1 N–H and O–H groups in total. The van der Waals surface area contributed by atoms with Gasteiger partial charge in [0.05, 0.1) is 20.1 Å². The van der Waals surface area contributed by atoms with Gasteiger partial charge in [-0.2, -0.15) is 4.98 Å². The summed E-state index contributed by atoms with van der Waals surface area (Å²) < 4.78 is 29.0. The number of benzene rings is 2. The van der Waals surface area contributed by atoms with Gasteiger partial charge in [-0.15, -0.1) is 0 Å². The van der Waals surface area contributed by atoms with Gasteiger partial charge in [0.2, 0.25) is 23.5 Å². The normalized spacial score (nSPS) is 16.3. The fourth-order valence-corrected chi connectivity index (χ4v) is 3.98. The molecule has 9 nitrogen and oxygen atoms in total. The van der Waals surface area contributed by atoms with E-state index in [4.69, 9.17) is 14.0 Å². The van der Waals surface area contributed by atoms with E-state index in [1.807, 2.05) is 18.2 Å². The Morgan fingerprint density at radius 3 is 2.66 bits per heavy atom. The zero-order valence-corrected chi connectivity index (χ0v) is 19.8. The van der Waals surface area contributed by atoms with Gasteiger partial charge in [0.25, 0.3) is 0 Å². The minimum absolute atomic E-state index is 0.0605. The lowest BCUT2D eigenvalue weighted by Crippen LogP contribution is -2.35. The highest BCUT2D eigenvalue weighted by Crippen LogP contribution is 2.28. The maximum Gasteiger partial charge on any atom is 0.249 e. The number of halogens is 1. The summed E-state index contributed by atoms with van der Waals surface area (Å²) in [5.74, 6) is 0.677. The van der Waals surface area contributed by atoms with Crippen molar-refractivity contribution in [2.75, 3.05) is 27.3 Å². The van der Waals surface area contributed by atoms with Gasteiger partial charge in [-0.25, -0.2) is 4.39 Å². The highest BCUT2D eigenvalue weighted by Gasteiger charge is 2.35. The van der Waals surface area contributed by atoms with Crippen LogP contribution in [0.3, 0.4) is 0 Å². The maximum absolute atomic E-state index is 13.1. The zero-order chi connectivity index (χ0) is 24.9. The average Bonchev–Trinajstić information content (AvgIpc) is 3.50. The van der Waals surface area contributed by atoms with Gasteiger partial charge in [0.1, 0.15) is 11.9 Å². The molecular weight excluding hydrogens is 455 g/mol. The summed E-state index contributed by atoms with van der Waals surface area (Å²) in [6.45, 7) is 2.57. The number of nitrogens with one attached hydrogen (secondary N) is 1. The van der Waals surface area contributed by atoms with Crippen molar-refractivity contribution in [2.45, 2.75) is 25.8 Å². The molecule has 1 aliphatic rings. The van der Waals surface area contributed by atoms with E-state index in [2.05, 4.69) is 15.5 Å². The van der Waals surface area contributed by atoms with Crippen LogP contribution in [0.2, 0.25) is 0 Å². The topological polar surface area (TPSA) is 107 Å². The number of rotatable bonds is 9. The van der Waals surface area contributed by atoms with Gasteiger partial charge in [-0.3, -0.25) is 9.59 Å². The lowest BCUT2D eigenvalue weighted by molar-refractivity contribution is -0.129. The number of ether oxygens (including phenoxy) is 2. The van der Waals surface area contributed by atoms with Gasteiger partial charge < -0.3 is 24.2 Å². The molecule has 3 aromatic rings. The fraction of sp³-hybridized carbons (Fsp3) is 0.360. The molecule has 0 saturated carbocycles. The first-order valence-electron chi connectivity index (χ1n) is 11.3. The summed E-state index contributed by atoms with van der Waals surface area (Å²) in [5.41, 5.74) is 1.61. The minimum atomic E-state index is -0.542. The van der Waals surface area contributed by atoms with Gasteiger partial charge in [-0.1, -0.05) is 11.2 Å². The van der Waals surface area contributed by atoms with E-state index in [1.165, 1.54) is 12.1 Å². The molecule has 1 aliphatic heterocycles. The Hall–Kier alpha value is -3.95. The van der Waals surface area contributed by atoms with Crippen molar-refractivity contribution < 1.29 is 28.0 Å². The van der Waals surface area contributed by atoms with Crippen molar-refractivity contribution in [3.05, 3.63) is 59.7 Å². The van der Waals surface area contributed by atoms with Crippen LogP contribution in [0, 0.1) is 11.7 Å². The number of hydrogen-bond donors (Lipinski definition) is 1. The highest BCUT2D eigenvalue weighted by molar-refractivity contribution is 5.89. The molecule has 4 rings (SSSR count). The Morgan fingerprint density at radius 2 is 1.94 bits per heavy atom. The van der Waals surface area contributed by atoms with Gasteiger partial charge in [-0.05, 0) is 55.3 Å². The average molecular weight is 483 g/mol. The first-order valence-corrected chi connectivity index (χ1v) is 11.3. The largest absolute Gasteiger partial charge is 0.493 e. The van der Waals surface area contributed by atoms with Crippen molar-refractivity contribution in [3.63, 3.8) is 0 Å². The maximum atomic E-state index is 13.1. The second-order valence-corrected chi connectivity index (χ2v) is 8.37. The van der Waals surface area contributed by atoms with Crippen LogP contribution in [0.1, 0.15) is 30.8 Å². The summed E-state index contributed by atoms with van der Waals surface area (Å²) in [6.07, 6.45) is 0.778. The number of likely N-dealkylation sites (tertiary alicyclic amines) is 1. The standard InChI is InChI=1S/C25H27FN4O5/c1-15(25-28-23(29-35-25)17-5-7-19(26)8-6-17)27-24(32)18-13-22(31)30(14-18)11-10-16-4-9-20(33-2)21(12-16)34-3/h4-9,12,15,18H,10-11,13-14H2,1-3H3,(H,27,32). The number of amides is 2. The molecule has 2 aromatic carbocycles. The van der Waals surface area contributed by atoms with E-state index in [1.54, 1.807) is 38.2 Å². The third-order valence-corrected chi connectivity index (χ3v) is 5.98. The van der Waals surface area contributed by atoms with Crippen LogP contribution in [0.15, 0.2) is 47.0 Å². The fourth-order valence-electron chi connectivity index (χ4n) is 3.98. The molecule has 184 valence electrons. The van der Waals surface area contributed by atoms with E-state index in [0.29, 0.717) is 42.4 Å². The Kier molecular flexibility index (Phi) is 7.28. The summed E-state index contributed by atoms with van der Waals surface area (Å²) in [7, 11) is 3.16. The van der Waals surface area contributed by atoms with Gasteiger partial charge in [0.15, 0.2) is 11.5 Å². The Labute approximate surface area is 202 Å². The van der Waals surface area contributed by atoms with E-state index >= 15 is 0 Å². The molecule has 10 heteroatoms. The van der Waals surface area contributed by atoms with Crippen molar-refractivity contribution in [3.8, 4) is 22.9 Å². The molecule has 2 atom stereocenters. The minimum Gasteiger partial charge on any atom is -0.493 e. The summed E-state index contributed by atoms with van der Waals surface area (Å²) in [6, 6.07) is 10.8. The molecule has 0 spiro atoms. The number of carbonyl (C=O) groups excluding carboxylic acids is 2. The van der Waals surface area contributed by atoms with Gasteiger partial charge >= 0.3 is 0 Å². The molecule has 2 heterocycles. The van der Waals surface area contributed by atoms with Crippen LogP contribution < -0.4 is 14.8 Å². The monoisotopic (exact) mass is 482 g/mol. The van der Waals surface area contributed by atoms with Crippen LogP contribution in [0.25, 0.3) is 11.4 Å². The van der Waals surface area contributed by atoms with Crippen molar-refractivity contribution >= 4 is 11.8 Å². The van der Waals surface area contributed by atoms with E-state index < -0.39 is 12.0 Å². The lowest BCUT2D eigenvalue weighted by atomic mass is 10.1. The van der Waals surface area contributed by atoms with E-state index in [-0.39, 0.29) is 29.9 Å². The summed E-state index contributed by atoms with van der Waals surface area (Å²) in [4.78, 5) is 31.3. The molecule has 0 bridgehead atoms. The Balaban J connectivity index is 1.31. The van der Waals surface area contributed by atoms with Crippen LogP contribution in [-0.2, 0) is 16.0 Å². The molecule has 1 aromatic heterocycles. The molecule has 35 heavy (non-hydrogen) atoms. The smallest absolute Gasteiger partial charge is 0.249 e. The quantitative estimate of drug-likeness (QED) is 0.499. The molecule has 1 saturated heterocycles. The van der Waals surface area contributed by atoms with Crippen molar-refractivity contribution in [2.24, 2.45) is 5.92 Å². The predicted molar refractivity (Wildman–Crippen MR) is 124 cm³/mol.